The van der Waals surface area contributed by atoms with Crippen molar-refractivity contribution in [3.05, 3.63) is 35.9 Å². The largest absolute Gasteiger partial charge is 0.368 e. The molecule has 1 aliphatic rings. The molecule has 1 heterocycles. The molecule has 0 aromatic heterocycles. The van der Waals surface area contributed by atoms with Crippen molar-refractivity contribution in [3.8, 4) is 0 Å². The SMILES string of the molecule is CCCC[C@@H](C(N)=O)N1CCN(C(=O)N(C)CCOCOC)[C@H](Cc2ccccc2)C1=O. The minimum atomic E-state index is -0.704. The Bertz CT molecular complexity index is 745. The lowest BCUT2D eigenvalue weighted by molar-refractivity contribution is -0.147. The average molecular weight is 449 g/mol. The number of piperazine rings is 1. The molecule has 2 N–H and O–H groups in total. The Labute approximate surface area is 190 Å². The van der Waals surface area contributed by atoms with Crippen LogP contribution in [-0.4, -0.2) is 91.8 Å². The zero-order chi connectivity index (χ0) is 23.5. The summed E-state index contributed by atoms with van der Waals surface area (Å²) in [5.41, 5.74) is 6.59. The van der Waals surface area contributed by atoms with Crippen LogP contribution in [0.4, 0.5) is 4.79 Å². The number of unbranched alkanes of at least 4 members (excludes halogenated alkanes) is 1. The number of hydrogen-bond acceptors (Lipinski definition) is 5. The molecule has 32 heavy (non-hydrogen) atoms. The number of methoxy groups -OCH3 is 1. The number of rotatable bonds is 12. The molecule has 1 saturated heterocycles. The van der Waals surface area contributed by atoms with E-state index in [0.29, 0.717) is 32.5 Å². The molecule has 9 heteroatoms. The van der Waals surface area contributed by atoms with Gasteiger partial charge in [-0.05, 0) is 12.0 Å². The third-order valence-corrected chi connectivity index (χ3v) is 5.68. The van der Waals surface area contributed by atoms with Gasteiger partial charge in [0.2, 0.25) is 11.8 Å². The van der Waals surface area contributed by atoms with Gasteiger partial charge >= 0.3 is 6.03 Å². The lowest BCUT2D eigenvalue weighted by atomic mass is 9.98. The van der Waals surface area contributed by atoms with Crippen LogP contribution in [0.1, 0.15) is 31.7 Å². The lowest BCUT2D eigenvalue weighted by Crippen LogP contribution is -2.64. The molecule has 0 saturated carbocycles. The highest BCUT2D eigenvalue weighted by Gasteiger charge is 2.42. The van der Waals surface area contributed by atoms with Gasteiger partial charge in [0.05, 0.1) is 6.61 Å². The van der Waals surface area contributed by atoms with Crippen molar-refractivity contribution in [2.45, 2.75) is 44.7 Å². The minimum absolute atomic E-state index is 0.155. The van der Waals surface area contributed by atoms with E-state index in [2.05, 4.69) is 0 Å². The first-order valence-electron chi connectivity index (χ1n) is 11.1. The van der Waals surface area contributed by atoms with Gasteiger partial charge in [-0.25, -0.2) is 4.79 Å². The van der Waals surface area contributed by atoms with E-state index in [1.165, 1.54) is 7.11 Å². The first-order valence-corrected chi connectivity index (χ1v) is 11.1. The lowest BCUT2D eigenvalue weighted by Gasteiger charge is -2.44. The van der Waals surface area contributed by atoms with Crippen molar-refractivity contribution in [2.75, 3.05) is 47.2 Å². The van der Waals surface area contributed by atoms with Gasteiger partial charge < -0.3 is 29.9 Å². The van der Waals surface area contributed by atoms with Gasteiger partial charge in [-0.15, -0.1) is 0 Å². The molecule has 178 valence electrons. The summed E-state index contributed by atoms with van der Waals surface area (Å²) in [6.07, 6.45) is 2.60. The van der Waals surface area contributed by atoms with Crippen molar-refractivity contribution in [2.24, 2.45) is 5.73 Å². The van der Waals surface area contributed by atoms with Crippen LogP contribution in [0.2, 0.25) is 0 Å². The fourth-order valence-corrected chi connectivity index (χ4v) is 3.89. The topological polar surface area (TPSA) is 105 Å². The highest BCUT2D eigenvalue weighted by molar-refractivity contribution is 5.92. The van der Waals surface area contributed by atoms with Gasteiger partial charge in [0, 0.05) is 40.2 Å². The van der Waals surface area contributed by atoms with Crippen molar-refractivity contribution >= 4 is 17.8 Å². The standard InChI is InChI=1S/C23H36N4O5/c1-4-5-11-19(21(24)28)26-12-13-27(23(30)25(2)14-15-32-17-31-3)20(22(26)29)16-18-9-7-6-8-10-18/h6-10,19-20H,4-5,11-17H2,1-3H3,(H2,24,28)/t19-,20+/m0/s1. The number of benzene rings is 1. The van der Waals surface area contributed by atoms with E-state index in [0.717, 1.165) is 18.4 Å². The molecular formula is C23H36N4O5. The van der Waals surface area contributed by atoms with Gasteiger partial charge in [0.25, 0.3) is 0 Å². The number of primary amides is 1. The molecule has 0 radical (unpaired) electrons. The predicted octanol–water partition coefficient (Wildman–Crippen LogP) is 1.46. The predicted molar refractivity (Wildman–Crippen MR) is 121 cm³/mol. The molecule has 1 aromatic carbocycles. The quantitative estimate of drug-likeness (QED) is 0.385. The number of nitrogens with two attached hydrogens (primary N) is 1. The van der Waals surface area contributed by atoms with Crippen LogP contribution in [0.5, 0.6) is 0 Å². The number of ether oxygens (including phenoxy) is 2. The molecule has 1 fully saturated rings. The maximum Gasteiger partial charge on any atom is 0.320 e. The molecule has 2 rings (SSSR count). The molecular weight excluding hydrogens is 412 g/mol. The van der Waals surface area contributed by atoms with E-state index in [1.807, 2.05) is 37.3 Å². The van der Waals surface area contributed by atoms with Gasteiger partial charge in [-0.1, -0.05) is 50.1 Å². The first-order chi connectivity index (χ1) is 15.4. The number of hydrogen-bond donors (Lipinski definition) is 1. The summed E-state index contributed by atoms with van der Waals surface area (Å²) in [6.45, 7) is 3.49. The zero-order valence-corrected chi connectivity index (χ0v) is 19.4. The summed E-state index contributed by atoms with van der Waals surface area (Å²) >= 11 is 0. The summed E-state index contributed by atoms with van der Waals surface area (Å²) < 4.78 is 10.1. The Hall–Kier alpha value is -2.65. The van der Waals surface area contributed by atoms with Gasteiger partial charge in [0.1, 0.15) is 18.9 Å². The summed E-state index contributed by atoms with van der Waals surface area (Å²) in [6, 6.07) is 7.97. The van der Waals surface area contributed by atoms with Crippen LogP contribution in [0.3, 0.4) is 0 Å². The second-order valence-corrected chi connectivity index (χ2v) is 8.01. The first kappa shape index (κ1) is 25.6. The smallest absolute Gasteiger partial charge is 0.320 e. The Morgan fingerprint density at radius 2 is 1.97 bits per heavy atom. The third kappa shape index (κ3) is 6.93. The molecule has 4 amide bonds. The van der Waals surface area contributed by atoms with Gasteiger partial charge in [-0.2, -0.15) is 0 Å². The van der Waals surface area contributed by atoms with Crippen molar-refractivity contribution in [1.29, 1.82) is 0 Å². The van der Waals surface area contributed by atoms with Crippen LogP contribution >= 0.6 is 0 Å². The van der Waals surface area contributed by atoms with E-state index in [-0.39, 0.29) is 25.3 Å². The summed E-state index contributed by atoms with van der Waals surface area (Å²) in [5, 5.41) is 0. The van der Waals surface area contributed by atoms with Crippen molar-refractivity contribution < 1.29 is 23.9 Å². The fraction of sp³-hybridized carbons (Fsp3) is 0.609. The van der Waals surface area contributed by atoms with Crippen LogP contribution in [-0.2, 0) is 25.5 Å². The van der Waals surface area contributed by atoms with E-state index < -0.39 is 18.0 Å². The average Bonchev–Trinajstić information content (AvgIpc) is 2.79. The highest BCUT2D eigenvalue weighted by Crippen LogP contribution is 2.22. The molecule has 0 spiro atoms. The third-order valence-electron chi connectivity index (χ3n) is 5.68. The summed E-state index contributed by atoms with van der Waals surface area (Å²) in [7, 11) is 3.22. The molecule has 0 aliphatic carbocycles. The number of carbonyl (C=O) groups is 3. The van der Waals surface area contributed by atoms with Crippen molar-refractivity contribution in [1.82, 2.24) is 14.7 Å². The number of nitrogens with zero attached hydrogens (tertiary/aromatic N) is 3. The van der Waals surface area contributed by atoms with E-state index >= 15 is 0 Å². The van der Waals surface area contributed by atoms with E-state index in [1.54, 1.807) is 21.7 Å². The molecule has 9 nitrogen and oxygen atoms in total. The second-order valence-electron chi connectivity index (χ2n) is 8.01. The maximum atomic E-state index is 13.5. The Morgan fingerprint density at radius 1 is 1.25 bits per heavy atom. The molecule has 1 aliphatic heterocycles. The monoisotopic (exact) mass is 448 g/mol. The number of carbonyl (C=O) groups excluding carboxylic acids is 3. The van der Waals surface area contributed by atoms with Gasteiger partial charge in [0.15, 0.2) is 0 Å². The molecule has 0 bridgehead atoms. The van der Waals surface area contributed by atoms with Crippen LogP contribution in [0.25, 0.3) is 0 Å². The maximum absolute atomic E-state index is 13.5. The van der Waals surface area contributed by atoms with Crippen LogP contribution < -0.4 is 5.73 Å². The summed E-state index contributed by atoms with van der Waals surface area (Å²) in [5.74, 6) is -0.741. The molecule has 0 unspecified atom stereocenters. The Kier molecular flexibility index (Phi) is 10.4. The van der Waals surface area contributed by atoms with Crippen LogP contribution in [0, 0.1) is 0 Å². The normalized spacial score (nSPS) is 17.3. The molecule has 1 aromatic rings. The fourth-order valence-electron chi connectivity index (χ4n) is 3.89. The summed E-state index contributed by atoms with van der Waals surface area (Å²) in [4.78, 5) is 43.6. The van der Waals surface area contributed by atoms with Gasteiger partial charge in [-0.3, -0.25) is 9.59 Å². The second kappa shape index (κ2) is 13.0. The molecule has 2 atom stereocenters. The zero-order valence-electron chi connectivity index (χ0n) is 19.4. The highest BCUT2D eigenvalue weighted by atomic mass is 16.7. The van der Waals surface area contributed by atoms with Crippen molar-refractivity contribution in [3.63, 3.8) is 0 Å². The Morgan fingerprint density at radius 3 is 2.59 bits per heavy atom. The number of likely N-dealkylation sites (N-methyl/N-ethyl adjacent to an activating group) is 1. The Balaban J connectivity index is 2.21. The van der Waals surface area contributed by atoms with E-state index in [9.17, 15) is 14.4 Å². The number of amides is 4. The van der Waals surface area contributed by atoms with E-state index in [4.69, 9.17) is 15.2 Å². The number of urea groups is 1. The minimum Gasteiger partial charge on any atom is -0.368 e. The van der Waals surface area contributed by atoms with Crippen LogP contribution in [0.15, 0.2) is 30.3 Å².